The number of hydrogen-bond acceptors (Lipinski definition) is 6. The predicted molar refractivity (Wildman–Crippen MR) is 58.0 cm³/mol. The minimum atomic E-state index is -5.05. The van der Waals surface area contributed by atoms with Crippen LogP contribution in [-0.4, -0.2) is 41.0 Å². The summed E-state index contributed by atoms with van der Waals surface area (Å²) < 4.78 is 35.9. The normalized spacial score (nSPS) is 12.1. The maximum absolute atomic E-state index is 12.0. The molecule has 19 heavy (non-hydrogen) atoms. The van der Waals surface area contributed by atoms with Gasteiger partial charge < -0.3 is 9.94 Å². The Balaban J connectivity index is 2.91. The molecule has 0 aliphatic rings. The fraction of sp³-hybridized carbons (Fsp3) is 0.250. The molecule has 0 saturated heterocycles. The number of halogens is 3. The number of aromatic nitrogens is 1. The number of carbonyl (C=O) groups excluding carboxylic acids is 1. The fourth-order valence-electron chi connectivity index (χ4n) is 0.895. The summed E-state index contributed by atoms with van der Waals surface area (Å²) in [6.07, 6.45) is -5.05. The third kappa shape index (κ3) is 3.91. The number of carbonyl (C=O) groups is 2. The van der Waals surface area contributed by atoms with Crippen molar-refractivity contribution in [3.8, 4) is 0 Å². The minimum absolute atomic E-state index is 0.225. The van der Waals surface area contributed by atoms with Crippen LogP contribution in [0.1, 0.15) is 5.69 Å². The van der Waals surface area contributed by atoms with E-state index in [0.717, 1.165) is 12.5 Å². The maximum atomic E-state index is 12.0. The second-order valence-corrected chi connectivity index (χ2v) is 3.78. The summed E-state index contributed by atoms with van der Waals surface area (Å²) in [6.45, 7) is 0. The van der Waals surface area contributed by atoms with Gasteiger partial charge in [0.15, 0.2) is 5.13 Å². The molecule has 1 aromatic rings. The second-order valence-electron chi connectivity index (χ2n) is 2.92. The van der Waals surface area contributed by atoms with E-state index >= 15 is 0 Å². The van der Waals surface area contributed by atoms with Gasteiger partial charge in [-0.25, -0.2) is 9.78 Å². The van der Waals surface area contributed by atoms with Crippen LogP contribution < -0.4 is 5.32 Å². The van der Waals surface area contributed by atoms with E-state index in [9.17, 15) is 22.8 Å². The number of thiazole rings is 1. The molecular weight excluding hydrogens is 291 g/mol. The van der Waals surface area contributed by atoms with Crippen molar-refractivity contribution in [2.45, 2.75) is 6.18 Å². The minimum Gasteiger partial charge on any atom is -0.476 e. The number of aliphatic carboxylic acids is 1. The van der Waals surface area contributed by atoms with E-state index in [1.165, 1.54) is 5.32 Å². The lowest BCUT2D eigenvalue weighted by Gasteiger charge is -2.04. The highest BCUT2D eigenvalue weighted by Gasteiger charge is 2.39. The molecule has 7 nitrogen and oxygen atoms in total. The number of carboxylic acids is 1. The first-order valence-corrected chi connectivity index (χ1v) is 5.32. The molecule has 0 aliphatic carbocycles. The van der Waals surface area contributed by atoms with Gasteiger partial charge in [-0.3, -0.25) is 10.1 Å². The van der Waals surface area contributed by atoms with Crippen LogP contribution in [-0.2, 0) is 14.4 Å². The van der Waals surface area contributed by atoms with Crippen LogP contribution in [0.5, 0.6) is 0 Å². The molecule has 104 valence electrons. The van der Waals surface area contributed by atoms with Crippen LogP contribution in [0.25, 0.3) is 0 Å². The Morgan fingerprint density at radius 3 is 2.63 bits per heavy atom. The number of rotatable bonds is 4. The Labute approximate surface area is 107 Å². The first-order chi connectivity index (χ1) is 8.75. The van der Waals surface area contributed by atoms with Gasteiger partial charge in [-0.2, -0.15) is 13.2 Å². The van der Waals surface area contributed by atoms with E-state index in [0.29, 0.717) is 11.3 Å². The first kappa shape index (κ1) is 14.9. The topological polar surface area (TPSA) is 101 Å². The Morgan fingerprint density at radius 1 is 1.53 bits per heavy atom. The summed E-state index contributed by atoms with van der Waals surface area (Å²) in [5, 5.41) is 14.1. The molecule has 0 bridgehead atoms. The zero-order chi connectivity index (χ0) is 14.6. The fourth-order valence-corrected chi connectivity index (χ4v) is 1.58. The van der Waals surface area contributed by atoms with Crippen molar-refractivity contribution in [1.29, 1.82) is 0 Å². The summed E-state index contributed by atoms with van der Waals surface area (Å²) in [5.74, 6) is -3.67. The summed E-state index contributed by atoms with van der Waals surface area (Å²) in [4.78, 5) is 29.2. The summed E-state index contributed by atoms with van der Waals surface area (Å²) in [7, 11) is 1.10. The number of alkyl halides is 3. The van der Waals surface area contributed by atoms with Gasteiger partial charge >= 0.3 is 18.1 Å². The molecule has 0 saturated carbocycles. The monoisotopic (exact) mass is 297 g/mol. The van der Waals surface area contributed by atoms with Gasteiger partial charge in [-0.15, -0.1) is 11.3 Å². The van der Waals surface area contributed by atoms with E-state index in [-0.39, 0.29) is 5.69 Å². The molecule has 0 aromatic carbocycles. The summed E-state index contributed by atoms with van der Waals surface area (Å²) in [5.41, 5.74) is -0.817. The van der Waals surface area contributed by atoms with Gasteiger partial charge in [0.2, 0.25) is 5.71 Å². The van der Waals surface area contributed by atoms with Crippen molar-refractivity contribution >= 4 is 34.1 Å². The molecule has 1 rings (SSSR count). The van der Waals surface area contributed by atoms with E-state index < -0.39 is 28.9 Å². The molecule has 0 radical (unpaired) electrons. The number of nitrogens with one attached hydrogen (secondary N) is 1. The SMILES string of the molecule is CO/N=C(\C(=O)O)c1csc(NC(=O)C(F)(F)F)n1. The molecule has 0 aliphatic heterocycles. The lowest BCUT2D eigenvalue weighted by molar-refractivity contribution is -0.167. The summed E-state index contributed by atoms with van der Waals surface area (Å²) >= 11 is 0.623. The zero-order valence-corrected chi connectivity index (χ0v) is 10.0. The molecule has 0 unspecified atom stereocenters. The zero-order valence-electron chi connectivity index (χ0n) is 9.19. The largest absolute Gasteiger partial charge is 0.476 e. The predicted octanol–water partition coefficient (Wildman–Crippen LogP) is 1.08. The Bertz CT molecular complexity index is 526. The number of carboxylic acid groups (broad SMARTS) is 1. The third-order valence-corrected chi connectivity index (χ3v) is 2.37. The Kier molecular flexibility index (Phi) is 4.43. The quantitative estimate of drug-likeness (QED) is 0.639. The van der Waals surface area contributed by atoms with Gasteiger partial charge in [0, 0.05) is 5.38 Å². The Hall–Kier alpha value is -2.17. The molecule has 0 spiro atoms. The molecule has 1 aromatic heterocycles. The number of anilines is 1. The Morgan fingerprint density at radius 2 is 2.16 bits per heavy atom. The van der Waals surface area contributed by atoms with Crippen molar-refractivity contribution < 1.29 is 32.7 Å². The van der Waals surface area contributed by atoms with Crippen LogP contribution in [0.2, 0.25) is 0 Å². The molecule has 0 fully saturated rings. The maximum Gasteiger partial charge on any atom is 0.471 e. The van der Waals surface area contributed by atoms with Gasteiger partial charge in [0.05, 0.1) is 0 Å². The molecule has 0 atom stereocenters. The highest BCUT2D eigenvalue weighted by atomic mass is 32.1. The molecule has 1 heterocycles. The summed E-state index contributed by atoms with van der Waals surface area (Å²) in [6, 6.07) is 0. The van der Waals surface area contributed by atoms with Crippen LogP contribution in [0.3, 0.4) is 0 Å². The van der Waals surface area contributed by atoms with E-state index in [1.807, 2.05) is 0 Å². The average Bonchev–Trinajstić information content (AvgIpc) is 2.72. The molecular formula is C8H6F3N3O4S. The number of hydrogen-bond donors (Lipinski definition) is 2. The highest BCUT2D eigenvalue weighted by Crippen LogP contribution is 2.21. The van der Waals surface area contributed by atoms with Gasteiger partial charge in [0.25, 0.3) is 0 Å². The van der Waals surface area contributed by atoms with Crippen molar-refractivity contribution in [1.82, 2.24) is 4.98 Å². The lowest BCUT2D eigenvalue weighted by Crippen LogP contribution is -2.29. The van der Waals surface area contributed by atoms with E-state index in [2.05, 4.69) is 15.0 Å². The number of oxime groups is 1. The number of nitrogens with zero attached hydrogens (tertiary/aromatic N) is 2. The van der Waals surface area contributed by atoms with Crippen LogP contribution in [0.4, 0.5) is 18.3 Å². The van der Waals surface area contributed by atoms with Crippen LogP contribution in [0.15, 0.2) is 10.5 Å². The average molecular weight is 297 g/mol. The molecule has 1 amide bonds. The second kappa shape index (κ2) is 5.65. The van der Waals surface area contributed by atoms with Crippen molar-refractivity contribution in [3.05, 3.63) is 11.1 Å². The highest BCUT2D eigenvalue weighted by molar-refractivity contribution is 7.14. The third-order valence-electron chi connectivity index (χ3n) is 1.61. The van der Waals surface area contributed by atoms with Crippen LogP contribution >= 0.6 is 11.3 Å². The van der Waals surface area contributed by atoms with Gasteiger partial charge in [0.1, 0.15) is 12.8 Å². The number of amides is 1. The standard InChI is InChI=1S/C8H6F3N3O4S/c1-18-14-4(5(15)16)3-2-19-7(12-3)13-6(17)8(9,10)11/h2H,1H3,(H,15,16)(H,12,13,17)/b14-4-. The van der Waals surface area contributed by atoms with Crippen molar-refractivity contribution in [3.63, 3.8) is 0 Å². The van der Waals surface area contributed by atoms with E-state index in [1.54, 1.807) is 0 Å². The van der Waals surface area contributed by atoms with E-state index in [4.69, 9.17) is 5.11 Å². The molecule has 11 heteroatoms. The smallest absolute Gasteiger partial charge is 0.471 e. The van der Waals surface area contributed by atoms with Gasteiger partial charge in [-0.1, -0.05) is 5.16 Å². The van der Waals surface area contributed by atoms with Crippen molar-refractivity contribution in [2.75, 3.05) is 12.4 Å². The first-order valence-electron chi connectivity index (χ1n) is 4.44. The van der Waals surface area contributed by atoms with Crippen LogP contribution in [0, 0.1) is 0 Å². The lowest BCUT2D eigenvalue weighted by atomic mass is 10.3. The van der Waals surface area contributed by atoms with Crippen molar-refractivity contribution in [2.24, 2.45) is 5.16 Å². The molecule has 2 N–H and O–H groups in total. The van der Waals surface area contributed by atoms with Gasteiger partial charge in [-0.05, 0) is 0 Å².